The molecule has 1 aliphatic carbocycles. The molecular formula is C12H21N5O2. The molecule has 0 radical (unpaired) electrons. The SMILES string of the molecule is NCCn1cc(C(=O)NCC2CCC(O)CC2)nn1. The lowest BCUT2D eigenvalue weighted by molar-refractivity contribution is 0.0906. The smallest absolute Gasteiger partial charge is 0.273 e. The Bertz CT molecular complexity index is 412. The van der Waals surface area contributed by atoms with E-state index in [9.17, 15) is 9.90 Å². The van der Waals surface area contributed by atoms with Crippen LogP contribution in [0.15, 0.2) is 6.20 Å². The molecular weight excluding hydrogens is 246 g/mol. The quantitative estimate of drug-likeness (QED) is 0.668. The molecule has 1 amide bonds. The number of aliphatic hydroxyl groups is 1. The fraction of sp³-hybridized carbons (Fsp3) is 0.750. The normalized spacial score (nSPS) is 23.3. The van der Waals surface area contributed by atoms with E-state index >= 15 is 0 Å². The highest BCUT2D eigenvalue weighted by Gasteiger charge is 2.20. The lowest BCUT2D eigenvalue weighted by atomic mass is 9.87. The minimum atomic E-state index is -0.200. The lowest BCUT2D eigenvalue weighted by Crippen LogP contribution is -2.32. The van der Waals surface area contributed by atoms with E-state index in [-0.39, 0.29) is 12.0 Å². The van der Waals surface area contributed by atoms with Crippen molar-refractivity contribution in [3.05, 3.63) is 11.9 Å². The fourth-order valence-electron chi connectivity index (χ4n) is 2.32. The fourth-order valence-corrected chi connectivity index (χ4v) is 2.32. The molecule has 7 nitrogen and oxygen atoms in total. The Morgan fingerprint density at radius 3 is 2.89 bits per heavy atom. The van der Waals surface area contributed by atoms with Gasteiger partial charge in [-0.3, -0.25) is 9.48 Å². The van der Waals surface area contributed by atoms with E-state index in [1.807, 2.05) is 0 Å². The van der Waals surface area contributed by atoms with Crippen molar-refractivity contribution in [1.82, 2.24) is 20.3 Å². The minimum absolute atomic E-state index is 0.164. The molecule has 2 rings (SSSR count). The Balaban J connectivity index is 1.77. The zero-order valence-corrected chi connectivity index (χ0v) is 11.0. The average Bonchev–Trinajstić information content (AvgIpc) is 2.87. The highest BCUT2D eigenvalue weighted by atomic mass is 16.3. The number of aromatic nitrogens is 3. The van der Waals surface area contributed by atoms with E-state index in [2.05, 4.69) is 15.6 Å². The standard InChI is InChI=1S/C12H21N5O2/c13-5-6-17-8-11(15-16-17)12(19)14-7-9-1-3-10(18)4-2-9/h8-10,18H,1-7,13H2,(H,14,19). The number of aliphatic hydroxyl groups excluding tert-OH is 1. The maximum absolute atomic E-state index is 11.9. The van der Waals surface area contributed by atoms with Crippen molar-refractivity contribution in [3.8, 4) is 0 Å². The first-order valence-corrected chi connectivity index (χ1v) is 6.75. The van der Waals surface area contributed by atoms with Gasteiger partial charge in [-0.05, 0) is 31.6 Å². The van der Waals surface area contributed by atoms with Crippen LogP contribution >= 0.6 is 0 Å². The molecule has 0 saturated heterocycles. The highest BCUT2D eigenvalue weighted by molar-refractivity contribution is 5.91. The first kappa shape index (κ1) is 14.0. The molecule has 1 aromatic heterocycles. The van der Waals surface area contributed by atoms with Gasteiger partial charge in [-0.15, -0.1) is 5.10 Å². The first-order chi connectivity index (χ1) is 9.19. The van der Waals surface area contributed by atoms with Crippen LogP contribution < -0.4 is 11.1 Å². The molecule has 1 aromatic rings. The van der Waals surface area contributed by atoms with E-state index in [4.69, 9.17) is 5.73 Å². The molecule has 1 saturated carbocycles. The first-order valence-electron chi connectivity index (χ1n) is 6.75. The summed E-state index contributed by atoms with van der Waals surface area (Å²) in [5.41, 5.74) is 5.73. The molecule has 0 aromatic carbocycles. The molecule has 0 aliphatic heterocycles. The number of rotatable bonds is 5. The van der Waals surface area contributed by atoms with Crippen LogP contribution in [0.3, 0.4) is 0 Å². The van der Waals surface area contributed by atoms with E-state index in [0.717, 1.165) is 25.7 Å². The molecule has 0 unspecified atom stereocenters. The summed E-state index contributed by atoms with van der Waals surface area (Å²) in [5.74, 6) is 0.251. The van der Waals surface area contributed by atoms with Crippen LogP contribution in [0.2, 0.25) is 0 Å². The van der Waals surface area contributed by atoms with Crippen LogP contribution in [0.4, 0.5) is 0 Å². The predicted molar refractivity (Wildman–Crippen MR) is 69.4 cm³/mol. The summed E-state index contributed by atoms with van der Waals surface area (Å²) < 4.78 is 1.56. The maximum Gasteiger partial charge on any atom is 0.273 e. The Morgan fingerprint density at radius 2 is 2.21 bits per heavy atom. The number of nitrogens with zero attached hydrogens (tertiary/aromatic N) is 3. The van der Waals surface area contributed by atoms with Crippen LogP contribution in [0.1, 0.15) is 36.2 Å². The molecule has 106 valence electrons. The van der Waals surface area contributed by atoms with Crippen molar-refractivity contribution in [1.29, 1.82) is 0 Å². The van der Waals surface area contributed by atoms with Crippen molar-refractivity contribution < 1.29 is 9.90 Å². The van der Waals surface area contributed by atoms with Crippen molar-refractivity contribution in [2.24, 2.45) is 11.7 Å². The van der Waals surface area contributed by atoms with Crippen LogP contribution in [0, 0.1) is 5.92 Å². The number of nitrogens with one attached hydrogen (secondary N) is 1. The van der Waals surface area contributed by atoms with Gasteiger partial charge in [-0.1, -0.05) is 5.21 Å². The molecule has 7 heteroatoms. The summed E-state index contributed by atoms with van der Waals surface area (Å²) in [6.45, 7) is 1.66. The van der Waals surface area contributed by atoms with Gasteiger partial charge in [0.1, 0.15) is 0 Å². The van der Waals surface area contributed by atoms with E-state index < -0.39 is 0 Å². The van der Waals surface area contributed by atoms with Crippen LogP contribution in [0.5, 0.6) is 0 Å². The molecule has 0 bridgehead atoms. The Hall–Kier alpha value is -1.47. The lowest BCUT2D eigenvalue weighted by Gasteiger charge is -2.25. The average molecular weight is 267 g/mol. The third kappa shape index (κ3) is 4.00. The molecule has 0 atom stereocenters. The number of amides is 1. The van der Waals surface area contributed by atoms with Gasteiger partial charge in [-0.2, -0.15) is 0 Å². The van der Waals surface area contributed by atoms with Gasteiger partial charge in [-0.25, -0.2) is 0 Å². The largest absolute Gasteiger partial charge is 0.393 e. The molecule has 1 aliphatic rings. The maximum atomic E-state index is 11.9. The molecule has 1 fully saturated rings. The summed E-state index contributed by atoms with van der Waals surface area (Å²) in [5, 5.41) is 19.9. The van der Waals surface area contributed by atoms with E-state index in [1.165, 1.54) is 0 Å². The van der Waals surface area contributed by atoms with E-state index in [1.54, 1.807) is 10.9 Å². The summed E-state index contributed by atoms with van der Waals surface area (Å²) in [7, 11) is 0. The third-order valence-corrected chi connectivity index (χ3v) is 3.50. The van der Waals surface area contributed by atoms with Crippen molar-refractivity contribution in [2.75, 3.05) is 13.1 Å². The third-order valence-electron chi connectivity index (χ3n) is 3.50. The topological polar surface area (TPSA) is 106 Å². The summed E-state index contributed by atoms with van der Waals surface area (Å²) in [6, 6.07) is 0. The van der Waals surface area contributed by atoms with Crippen molar-refractivity contribution in [3.63, 3.8) is 0 Å². The summed E-state index contributed by atoms with van der Waals surface area (Å²) >= 11 is 0. The van der Waals surface area contributed by atoms with Crippen LogP contribution in [-0.4, -0.2) is 45.2 Å². The Kier molecular flexibility index (Phi) is 4.86. The zero-order valence-electron chi connectivity index (χ0n) is 11.0. The predicted octanol–water partition coefficient (Wildman–Crippen LogP) is -0.482. The number of nitrogens with two attached hydrogens (primary N) is 1. The Morgan fingerprint density at radius 1 is 1.47 bits per heavy atom. The number of hydrogen-bond acceptors (Lipinski definition) is 5. The molecule has 4 N–H and O–H groups in total. The second-order valence-electron chi connectivity index (χ2n) is 5.04. The van der Waals surface area contributed by atoms with Crippen LogP contribution in [0.25, 0.3) is 0 Å². The zero-order chi connectivity index (χ0) is 13.7. The minimum Gasteiger partial charge on any atom is -0.393 e. The molecule has 1 heterocycles. The van der Waals surface area contributed by atoms with Gasteiger partial charge in [0, 0.05) is 13.1 Å². The van der Waals surface area contributed by atoms with Gasteiger partial charge in [0.2, 0.25) is 0 Å². The number of carbonyl (C=O) groups excluding carboxylic acids is 1. The van der Waals surface area contributed by atoms with Crippen molar-refractivity contribution in [2.45, 2.75) is 38.3 Å². The summed E-state index contributed by atoms with van der Waals surface area (Å²) in [6.07, 6.45) is 5.01. The van der Waals surface area contributed by atoms with Gasteiger partial charge < -0.3 is 16.2 Å². The van der Waals surface area contributed by atoms with Crippen LogP contribution in [-0.2, 0) is 6.54 Å². The van der Waals surface area contributed by atoms with Gasteiger partial charge in [0.25, 0.3) is 5.91 Å². The monoisotopic (exact) mass is 267 g/mol. The second kappa shape index (κ2) is 6.63. The molecule has 19 heavy (non-hydrogen) atoms. The number of carbonyl (C=O) groups is 1. The molecule has 0 spiro atoms. The second-order valence-corrected chi connectivity index (χ2v) is 5.04. The highest BCUT2D eigenvalue weighted by Crippen LogP contribution is 2.23. The van der Waals surface area contributed by atoms with Gasteiger partial charge in [0.15, 0.2) is 5.69 Å². The Labute approximate surface area is 112 Å². The van der Waals surface area contributed by atoms with Gasteiger partial charge in [0.05, 0.1) is 18.8 Å². The summed E-state index contributed by atoms with van der Waals surface area (Å²) in [4.78, 5) is 11.9. The van der Waals surface area contributed by atoms with Gasteiger partial charge >= 0.3 is 0 Å². The number of hydrogen-bond donors (Lipinski definition) is 3. The van der Waals surface area contributed by atoms with E-state index in [0.29, 0.717) is 31.2 Å². The van der Waals surface area contributed by atoms with Crippen molar-refractivity contribution >= 4 is 5.91 Å².